The second-order valence-electron chi connectivity index (χ2n) is 25.6. The number of rotatable bonds is 49. The maximum Gasteiger partial charge on any atom is 0.336 e. The Morgan fingerprint density at radius 1 is 0.402 bits per heavy atom. The molecule has 1 heterocycles. The molecule has 2 aliphatic rings. The second kappa shape index (κ2) is 47.5. The Bertz CT molecular complexity index is 4050. The summed E-state index contributed by atoms with van der Waals surface area (Å²) in [7, 11) is 0. The quantitative estimate of drug-likeness (QED) is 0.00650. The SMILES string of the molecule is N=C(N)NCCC[C@H](NC(=O)[C@H](CCCNC(=N)N)NC(=O)[C@H](CCCNC(=N)N)NC(=O)[C@H](CCCNC(=N)N)NC(=O)[C@H](CCCNC(=N)N)NC(=O)[C@H](CCCNC(=N)N)NC(=O)[C@H](CCCNC(=N)N)NC(=O)CCCNC(=S)Nc1ccc(-c2c3ccc(=O)cc-3oc3cc(O)ccc23)c(C(=O)O)c1)C(=O)O. The van der Waals surface area contributed by atoms with Crippen LogP contribution in [0.25, 0.3) is 33.4 Å². The van der Waals surface area contributed by atoms with E-state index in [1.165, 1.54) is 36.4 Å². The molecule has 612 valence electrons. The lowest BCUT2D eigenvalue weighted by Gasteiger charge is -2.28. The van der Waals surface area contributed by atoms with E-state index in [0.29, 0.717) is 16.5 Å². The van der Waals surface area contributed by atoms with Gasteiger partial charge in [-0.3, -0.25) is 76.2 Å². The van der Waals surface area contributed by atoms with E-state index in [9.17, 15) is 63.3 Å². The molecule has 40 N–H and O–H groups in total. The Labute approximate surface area is 648 Å². The Hall–Kier alpha value is -13.3. The Balaban J connectivity index is 1.60. The number of carbonyl (C=O) groups is 9. The monoisotopic (exact) mass is 1580 g/mol. The number of guanidine groups is 7. The highest BCUT2D eigenvalue weighted by Crippen LogP contribution is 2.42. The van der Waals surface area contributed by atoms with Crippen molar-refractivity contribution in [1.29, 1.82) is 37.9 Å². The van der Waals surface area contributed by atoms with E-state index >= 15 is 0 Å². The van der Waals surface area contributed by atoms with Crippen LogP contribution in [-0.4, -0.2) is 210 Å². The number of nitrogens with one attached hydrogen (secondary N) is 23. The third-order valence-electron chi connectivity index (χ3n) is 16.6. The molecule has 45 heteroatoms. The van der Waals surface area contributed by atoms with Crippen molar-refractivity contribution < 1.29 is 62.9 Å². The number of nitrogens with two attached hydrogens (primary N) is 7. The van der Waals surface area contributed by atoms with Gasteiger partial charge in [0.2, 0.25) is 41.4 Å². The van der Waals surface area contributed by atoms with Gasteiger partial charge >= 0.3 is 11.9 Å². The first-order chi connectivity index (χ1) is 53.1. The standard InChI is InChI=1S/C67H104N30O14S/c68-60(69)82-23-1-9-41(91-50(100)16-8-30-89-67(112)90-34-17-20-37(40(31-34)58(107)108)51-38-21-18-35(98)32-48(38)111-49-33-36(99)19-22-39(49)51)52(101)92-42(10-2-24-83-61(70)71)53(102)93-43(11-3-25-84-62(72)73)54(103)94-44(12-4-26-85-63(74)75)55(104)95-45(13-5-27-86-64(76)77)56(105)96-46(14-6-28-87-65(78)79)57(106)97-47(59(109)110)15-7-29-88-66(80)81/h17-22,31-33,41-47,98H,1-16,23-30H2,(H,91,100)(H,92,101)(H,93,102)(H,94,103)(H,95,104)(H,96,105)(H,97,106)(H,107,108)(H,109,110)(H4,68,69,82)(H4,70,71,83)(H4,72,73,84)(H4,74,75,85)(H4,76,77,86)(H4,78,79,87)(H4,80,81,88)(H2,89,90,112)/t41-,42-,43-,44-,45-,46-,47-/m0/s1. The van der Waals surface area contributed by atoms with E-state index in [1.54, 1.807) is 18.2 Å². The molecule has 112 heavy (non-hydrogen) atoms. The molecule has 0 radical (unpaired) electrons. The number of carbonyl (C=O) groups excluding carboxylic acids is 7. The molecule has 0 saturated heterocycles. The van der Waals surface area contributed by atoms with Crippen LogP contribution in [0.4, 0.5) is 5.69 Å². The summed E-state index contributed by atoms with van der Waals surface area (Å²) in [5.41, 5.74) is 39.6. The van der Waals surface area contributed by atoms with Crippen LogP contribution in [0.15, 0.2) is 63.8 Å². The highest BCUT2D eigenvalue weighted by atomic mass is 32.1. The zero-order valence-corrected chi connectivity index (χ0v) is 62.3. The molecule has 0 fully saturated rings. The molecule has 4 rings (SSSR count). The number of thiocarbonyl (C=S) groups is 1. The molecule has 0 aromatic heterocycles. The lowest BCUT2D eigenvalue weighted by Crippen LogP contribution is -2.60. The van der Waals surface area contributed by atoms with Gasteiger partial charge in [0.05, 0.1) is 5.56 Å². The molecule has 2 aromatic rings. The average molecular weight is 1590 g/mol. The van der Waals surface area contributed by atoms with Gasteiger partial charge in [-0.2, -0.15) is 0 Å². The van der Waals surface area contributed by atoms with Crippen LogP contribution in [0.2, 0.25) is 0 Å². The predicted molar refractivity (Wildman–Crippen MR) is 422 cm³/mol. The molecule has 0 saturated carbocycles. The minimum atomic E-state index is -1.57. The normalized spacial score (nSPS) is 12.6. The number of aromatic hydroxyl groups is 1. The molecule has 44 nitrogen and oxygen atoms in total. The zero-order chi connectivity index (χ0) is 83.0. The van der Waals surface area contributed by atoms with Gasteiger partial charge in [-0.15, -0.1) is 0 Å². The minimum absolute atomic E-state index is 0.00224. The first-order valence-electron chi connectivity index (χ1n) is 35.6. The Kier molecular flexibility index (Phi) is 38.7. The van der Waals surface area contributed by atoms with E-state index < -0.39 is 125 Å². The number of hydrogen-bond donors (Lipinski definition) is 33. The van der Waals surface area contributed by atoms with E-state index in [4.69, 9.17) is 94.6 Å². The van der Waals surface area contributed by atoms with Crippen LogP contribution in [0.3, 0.4) is 0 Å². The van der Waals surface area contributed by atoms with Crippen molar-refractivity contribution >= 4 is 129 Å². The summed E-state index contributed by atoms with van der Waals surface area (Å²) >= 11 is 5.53. The summed E-state index contributed by atoms with van der Waals surface area (Å²) in [4.78, 5) is 139. The summed E-state index contributed by atoms with van der Waals surface area (Å²) in [5.74, 6) is -11.9. The second-order valence-corrected chi connectivity index (χ2v) is 26.0. The molecule has 0 spiro atoms. The summed E-state index contributed by atoms with van der Waals surface area (Å²) in [5, 5.41) is 127. The van der Waals surface area contributed by atoms with Crippen LogP contribution < -0.4 is 131 Å². The fourth-order valence-corrected chi connectivity index (χ4v) is 11.5. The number of phenols is 1. The molecule has 7 amide bonds. The average Bonchev–Trinajstić information content (AvgIpc) is 0.748. The number of anilines is 1. The number of carboxylic acids is 2. The number of amides is 7. The lowest BCUT2D eigenvalue weighted by molar-refractivity contribution is -0.142. The van der Waals surface area contributed by atoms with Gasteiger partial charge < -0.3 is 145 Å². The Morgan fingerprint density at radius 3 is 1.08 bits per heavy atom. The maximum absolute atomic E-state index is 14.8. The van der Waals surface area contributed by atoms with Gasteiger partial charge in [0.25, 0.3) is 0 Å². The number of fused-ring (bicyclic) bond motifs is 2. The summed E-state index contributed by atoms with van der Waals surface area (Å²) in [6.07, 6.45) is -0.775. The molecule has 2 aromatic carbocycles. The van der Waals surface area contributed by atoms with Crippen molar-refractivity contribution in [2.24, 2.45) is 40.1 Å². The van der Waals surface area contributed by atoms with Crippen molar-refractivity contribution in [3.05, 3.63) is 70.4 Å². The van der Waals surface area contributed by atoms with Crippen molar-refractivity contribution in [3.63, 3.8) is 0 Å². The molecule has 7 atom stereocenters. The highest BCUT2D eigenvalue weighted by Gasteiger charge is 2.35. The third-order valence-corrected chi connectivity index (χ3v) is 16.9. The predicted octanol–water partition coefficient (Wildman–Crippen LogP) is -4.64. The molecular formula is C67H104N30O14S. The van der Waals surface area contributed by atoms with Gasteiger partial charge in [0.15, 0.2) is 52.3 Å². The van der Waals surface area contributed by atoms with Crippen molar-refractivity contribution in [1.82, 2.24) is 79.8 Å². The van der Waals surface area contributed by atoms with Gasteiger partial charge in [0.1, 0.15) is 59.4 Å². The van der Waals surface area contributed by atoms with E-state index in [1.807, 2.05) is 0 Å². The molecule has 1 aliphatic heterocycles. The molecule has 0 unspecified atom stereocenters. The Morgan fingerprint density at radius 2 is 0.732 bits per heavy atom. The topological polar surface area (TPSA) is 786 Å². The number of carboxylic acid groups (broad SMARTS) is 2. The van der Waals surface area contributed by atoms with Crippen LogP contribution in [-0.2, 0) is 38.4 Å². The minimum Gasteiger partial charge on any atom is -0.508 e. The van der Waals surface area contributed by atoms with Crippen molar-refractivity contribution in [2.75, 3.05) is 57.7 Å². The van der Waals surface area contributed by atoms with Gasteiger partial charge in [-0.1, -0.05) is 6.07 Å². The maximum atomic E-state index is 14.8. The van der Waals surface area contributed by atoms with Crippen molar-refractivity contribution in [2.45, 2.75) is 145 Å². The molecular weight excluding hydrogens is 1480 g/mol. The van der Waals surface area contributed by atoms with E-state index in [0.717, 1.165) is 0 Å². The largest absolute Gasteiger partial charge is 0.508 e. The van der Waals surface area contributed by atoms with E-state index in [-0.39, 0.29) is 211 Å². The van der Waals surface area contributed by atoms with Crippen molar-refractivity contribution in [3.8, 4) is 28.2 Å². The smallest absolute Gasteiger partial charge is 0.336 e. The lowest BCUT2D eigenvalue weighted by atomic mass is 9.90. The number of benzene rings is 3. The number of aromatic carboxylic acids is 1. The van der Waals surface area contributed by atoms with Crippen LogP contribution >= 0.6 is 12.2 Å². The number of aliphatic carboxylic acids is 1. The van der Waals surface area contributed by atoms with Gasteiger partial charge in [-0.25, -0.2) is 9.59 Å². The number of phenolic OH excluding ortho intramolecular Hbond substituents is 1. The van der Waals surface area contributed by atoms with Crippen LogP contribution in [0.5, 0.6) is 5.75 Å². The van der Waals surface area contributed by atoms with E-state index in [2.05, 4.69) is 85.1 Å². The first kappa shape index (κ1) is 91.1. The molecule has 0 bridgehead atoms. The third kappa shape index (κ3) is 33.9. The van der Waals surface area contributed by atoms with Gasteiger partial charge in [0, 0.05) is 93.1 Å². The summed E-state index contributed by atoms with van der Waals surface area (Å²) in [6.45, 7) is 0.249. The summed E-state index contributed by atoms with van der Waals surface area (Å²) in [6, 6.07) is 2.41. The zero-order valence-electron chi connectivity index (χ0n) is 61.5. The van der Waals surface area contributed by atoms with Gasteiger partial charge in [-0.05, 0) is 150 Å². The van der Waals surface area contributed by atoms with Crippen LogP contribution in [0.1, 0.15) is 113 Å². The summed E-state index contributed by atoms with van der Waals surface area (Å²) < 4.78 is 5.93. The molecule has 1 aliphatic carbocycles. The highest BCUT2D eigenvalue weighted by molar-refractivity contribution is 7.80. The fraction of sp³-hybridized carbons (Fsp3) is 0.463. The fourth-order valence-electron chi connectivity index (χ4n) is 11.3. The van der Waals surface area contributed by atoms with Crippen LogP contribution in [0, 0.1) is 37.9 Å². The first-order valence-corrected chi connectivity index (χ1v) is 36.0. The number of hydrogen-bond acceptors (Lipinski definition) is 20.